The SMILES string of the molecule is Cc1ccc(N2CCOCC2=O)cc1Cl. The summed E-state index contributed by atoms with van der Waals surface area (Å²) in [4.78, 5) is 13.3. The van der Waals surface area contributed by atoms with Gasteiger partial charge in [0.2, 0.25) is 0 Å². The van der Waals surface area contributed by atoms with Crippen LogP contribution in [-0.4, -0.2) is 25.7 Å². The lowest BCUT2D eigenvalue weighted by atomic mass is 10.2. The van der Waals surface area contributed by atoms with Crippen molar-refractivity contribution in [3.8, 4) is 0 Å². The zero-order valence-corrected chi connectivity index (χ0v) is 9.25. The Balaban J connectivity index is 2.28. The summed E-state index contributed by atoms with van der Waals surface area (Å²) in [6.07, 6.45) is 0. The zero-order valence-electron chi connectivity index (χ0n) is 8.50. The van der Waals surface area contributed by atoms with Crippen molar-refractivity contribution in [1.29, 1.82) is 0 Å². The van der Waals surface area contributed by atoms with E-state index in [9.17, 15) is 4.79 Å². The molecule has 0 spiro atoms. The minimum absolute atomic E-state index is 0.0128. The molecule has 15 heavy (non-hydrogen) atoms. The molecule has 80 valence electrons. The van der Waals surface area contributed by atoms with Crippen LogP contribution in [-0.2, 0) is 9.53 Å². The number of benzene rings is 1. The van der Waals surface area contributed by atoms with Gasteiger partial charge in [-0.3, -0.25) is 4.79 Å². The molecule has 0 bridgehead atoms. The van der Waals surface area contributed by atoms with Crippen molar-refractivity contribution in [1.82, 2.24) is 0 Å². The van der Waals surface area contributed by atoms with E-state index in [4.69, 9.17) is 16.3 Å². The topological polar surface area (TPSA) is 29.5 Å². The van der Waals surface area contributed by atoms with Gasteiger partial charge in [0.1, 0.15) is 6.61 Å². The van der Waals surface area contributed by atoms with E-state index in [0.717, 1.165) is 11.3 Å². The fraction of sp³-hybridized carbons (Fsp3) is 0.364. The largest absolute Gasteiger partial charge is 0.370 e. The van der Waals surface area contributed by atoms with E-state index in [1.807, 2.05) is 25.1 Å². The van der Waals surface area contributed by atoms with Crippen LogP contribution in [0.15, 0.2) is 18.2 Å². The highest BCUT2D eigenvalue weighted by atomic mass is 35.5. The highest BCUT2D eigenvalue weighted by Crippen LogP contribution is 2.23. The van der Waals surface area contributed by atoms with Crippen LogP contribution in [0.5, 0.6) is 0 Å². The summed E-state index contributed by atoms with van der Waals surface area (Å²) < 4.78 is 5.06. The van der Waals surface area contributed by atoms with Gasteiger partial charge in [0.15, 0.2) is 0 Å². The minimum atomic E-state index is -0.0128. The number of morpholine rings is 1. The third kappa shape index (κ3) is 2.13. The Kier molecular flexibility index (Phi) is 2.93. The number of nitrogens with zero attached hydrogens (tertiary/aromatic N) is 1. The highest BCUT2D eigenvalue weighted by molar-refractivity contribution is 6.31. The quantitative estimate of drug-likeness (QED) is 0.732. The number of hydrogen-bond acceptors (Lipinski definition) is 2. The molecule has 0 aliphatic carbocycles. The summed E-state index contributed by atoms with van der Waals surface area (Å²) in [6.45, 7) is 3.27. The number of aryl methyl sites for hydroxylation is 1. The highest BCUT2D eigenvalue weighted by Gasteiger charge is 2.20. The molecule has 1 saturated heterocycles. The molecule has 3 nitrogen and oxygen atoms in total. The first-order valence-electron chi connectivity index (χ1n) is 4.83. The van der Waals surface area contributed by atoms with E-state index in [0.29, 0.717) is 18.2 Å². The maximum Gasteiger partial charge on any atom is 0.253 e. The van der Waals surface area contributed by atoms with Crippen molar-refractivity contribution in [2.75, 3.05) is 24.7 Å². The molecule has 1 aromatic carbocycles. The van der Waals surface area contributed by atoms with Gasteiger partial charge in [-0.15, -0.1) is 0 Å². The van der Waals surface area contributed by atoms with Crippen molar-refractivity contribution in [2.24, 2.45) is 0 Å². The standard InChI is InChI=1S/C11H12ClNO2/c1-8-2-3-9(6-10(8)12)13-4-5-15-7-11(13)14/h2-3,6H,4-5,7H2,1H3. The van der Waals surface area contributed by atoms with Crippen molar-refractivity contribution in [3.05, 3.63) is 28.8 Å². The predicted molar refractivity (Wildman–Crippen MR) is 59.4 cm³/mol. The summed E-state index contributed by atoms with van der Waals surface area (Å²) in [5, 5.41) is 0.687. The molecule has 0 saturated carbocycles. The third-order valence-corrected chi connectivity index (χ3v) is 2.86. The van der Waals surface area contributed by atoms with Crippen molar-refractivity contribution >= 4 is 23.2 Å². The van der Waals surface area contributed by atoms with E-state index in [-0.39, 0.29) is 12.5 Å². The van der Waals surface area contributed by atoms with Crippen LogP contribution in [0.2, 0.25) is 5.02 Å². The van der Waals surface area contributed by atoms with Crippen molar-refractivity contribution in [3.63, 3.8) is 0 Å². The van der Waals surface area contributed by atoms with Gasteiger partial charge in [-0.05, 0) is 24.6 Å². The molecule has 0 radical (unpaired) electrons. The molecule has 4 heteroatoms. The van der Waals surface area contributed by atoms with Crippen LogP contribution >= 0.6 is 11.6 Å². The number of carbonyl (C=O) groups excluding carboxylic acids is 1. The number of carbonyl (C=O) groups is 1. The third-order valence-electron chi connectivity index (χ3n) is 2.45. The van der Waals surface area contributed by atoms with Gasteiger partial charge in [-0.2, -0.15) is 0 Å². The smallest absolute Gasteiger partial charge is 0.253 e. The Labute approximate surface area is 93.6 Å². The second kappa shape index (κ2) is 4.21. The molecule has 0 unspecified atom stereocenters. The second-order valence-corrected chi connectivity index (χ2v) is 3.94. The van der Waals surface area contributed by atoms with Crippen LogP contribution in [0.25, 0.3) is 0 Å². The van der Waals surface area contributed by atoms with E-state index in [1.165, 1.54) is 0 Å². The predicted octanol–water partition coefficient (Wildman–Crippen LogP) is 2.01. The molecule has 0 aromatic heterocycles. The first-order valence-corrected chi connectivity index (χ1v) is 5.20. The monoisotopic (exact) mass is 225 g/mol. The van der Waals surface area contributed by atoms with Crippen LogP contribution < -0.4 is 4.90 Å². The van der Waals surface area contributed by atoms with Crippen molar-refractivity contribution < 1.29 is 9.53 Å². The summed E-state index contributed by atoms with van der Waals surface area (Å²) in [5.41, 5.74) is 1.86. The Bertz CT molecular complexity index is 392. The first-order chi connectivity index (χ1) is 7.18. The lowest BCUT2D eigenvalue weighted by Gasteiger charge is -2.27. The molecule has 1 aliphatic heterocycles. The lowest BCUT2D eigenvalue weighted by Crippen LogP contribution is -2.41. The Morgan fingerprint density at radius 3 is 2.93 bits per heavy atom. The van der Waals surface area contributed by atoms with Crippen molar-refractivity contribution in [2.45, 2.75) is 6.92 Å². The number of anilines is 1. The van der Waals surface area contributed by atoms with Gasteiger partial charge in [0, 0.05) is 17.3 Å². The van der Waals surface area contributed by atoms with E-state index in [2.05, 4.69) is 0 Å². The molecule has 1 fully saturated rings. The number of hydrogen-bond donors (Lipinski definition) is 0. The van der Waals surface area contributed by atoms with Crippen LogP contribution in [0.4, 0.5) is 5.69 Å². The van der Waals surface area contributed by atoms with E-state index < -0.39 is 0 Å². The normalized spacial score (nSPS) is 16.9. The van der Waals surface area contributed by atoms with Gasteiger partial charge < -0.3 is 9.64 Å². The number of halogens is 1. The Morgan fingerprint density at radius 2 is 2.27 bits per heavy atom. The molecular formula is C11H12ClNO2. The summed E-state index contributed by atoms with van der Waals surface area (Å²) in [6, 6.07) is 5.64. The first kappa shape index (κ1) is 10.5. The molecular weight excluding hydrogens is 214 g/mol. The second-order valence-electron chi connectivity index (χ2n) is 3.53. The van der Waals surface area contributed by atoms with Crippen LogP contribution in [0.3, 0.4) is 0 Å². The molecule has 2 rings (SSSR count). The van der Waals surface area contributed by atoms with Crippen LogP contribution in [0.1, 0.15) is 5.56 Å². The lowest BCUT2D eigenvalue weighted by molar-refractivity contribution is -0.125. The summed E-state index contributed by atoms with van der Waals surface area (Å²) in [7, 11) is 0. The fourth-order valence-electron chi connectivity index (χ4n) is 1.54. The average molecular weight is 226 g/mol. The average Bonchev–Trinajstić information content (AvgIpc) is 2.23. The number of amides is 1. The van der Waals surface area contributed by atoms with Gasteiger partial charge in [-0.25, -0.2) is 0 Å². The molecule has 1 heterocycles. The minimum Gasteiger partial charge on any atom is -0.370 e. The Morgan fingerprint density at radius 1 is 1.47 bits per heavy atom. The summed E-state index contributed by atoms with van der Waals surface area (Å²) in [5.74, 6) is -0.0128. The molecule has 0 atom stereocenters. The number of ether oxygens (including phenoxy) is 1. The van der Waals surface area contributed by atoms with Gasteiger partial charge >= 0.3 is 0 Å². The molecule has 1 aliphatic rings. The van der Waals surface area contributed by atoms with Gasteiger partial charge in [0.25, 0.3) is 5.91 Å². The fourth-order valence-corrected chi connectivity index (χ4v) is 1.72. The van der Waals surface area contributed by atoms with Crippen LogP contribution in [0, 0.1) is 6.92 Å². The van der Waals surface area contributed by atoms with E-state index >= 15 is 0 Å². The van der Waals surface area contributed by atoms with Gasteiger partial charge in [0.05, 0.1) is 6.61 Å². The summed E-state index contributed by atoms with van der Waals surface area (Å²) >= 11 is 6.01. The number of rotatable bonds is 1. The van der Waals surface area contributed by atoms with E-state index in [1.54, 1.807) is 4.90 Å². The molecule has 1 amide bonds. The molecule has 1 aromatic rings. The maximum absolute atomic E-state index is 11.5. The Hall–Kier alpha value is -1.06. The van der Waals surface area contributed by atoms with Gasteiger partial charge in [-0.1, -0.05) is 17.7 Å². The zero-order chi connectivity index (χ0) is 10.8. The molecule has 0 N–H and O–H groups in total. The maximum atomic E-state index is 11.5.